The van der Waals surface area contributed by atoms with E-state index in [-0.39, 0.29) is 11.9 Å². The van der Waals surface area contributed by atoms with Crippen LogP contribution in [0, 0.1) is 0 Å². The number of piperidine rings is 1. The van der Waals surface area contributed by atoms with E-state index in [2.05, 4.69) is 37.1 Å². The summed E-state index contributed by atoms with van der Waals surface area (Å²) in [5, 5.41) is 3.36. The van der Waals surface area contributed by atoms with Crippen molar-refractivity contribution < 1.29 is 4.79 Å². The van der Waals surface area contributed by atoms with Gasteiger partial charge in [0.1, 0.15) is 0 Å². The zero-order valence-corrected chi connectivity index (χ0v) is 12.7. The minimum atomic E-state index is -0.0301. The SMILES string of the molecule is CCc1cccnc1CN1CCCC(NC(C)C)C1=O. The number of aromatic nitrogens is 1. The Kier molecular flexibility index (Phi) is 5.12. The monoisotopic (exact) mass is 275 g/mol. The molecule has 1 aliphatic rings. The molecule has 0 aromatic carbocycles. The summed E-state index contributed by atoms with van der Waals surface area (Å²) in [5.41, 5.74) is 2.27. The zero-order valence-electron chi connectivity index (χ0n) is 12.7. The Morgan fingerprint density at radius 2 is 2.30 bits per heavy atom. The first-order valence-electron chi connectivity index (χ1n) is 7.59. The molecular weight excluding hydrogens is 250 g/mol. The van der Waals surface area contributed by atoms with Crippen molar-refractivity contribution in [2.24, 2.45) is 0 Å². The zero-order chi connectivity index (χ0) is 14.5. The summed E-state index contributed by atoms with van der Waals surface area (Å²) in [7, 11) is 0. The van der Waals surface area contributed by atoms with Crippen LogP contribution in [-0.4, -0.2) is 34.4 Å². The summed E-state index contributed by atoms with van der Waals surface area (Å²) in [4.78, 5) is 18.9. The molecule has 1 aromatic heterocycles. The average Bonchev–Trinajstić information content (AvgIpc) is 2.43. The second-order valence-electron chi connectivity index (χ2n) is 5.74. The van der Waals surface area contributed by atoms with Crippen LogP contribution in [0.25, 0.3) is 0 Å². The van der Waals surface area contributed by atoms with E-state index in [1.807, 2.05) is 17.2 Å². The Morgan fingerprint density at radius 1 is 1.50 bits per heavy atom. The Morgan fingerprint density at radius 3 is 3.00 bits per heavy atom. The third-order valence-electron chi connectivity index (χ3n) is 3.77. The quantitative estimate of drug-likeness (QED) is 0.895. The largest absolute Gasteiger partial charge is 0.335 e. The number of nitrogens with one attached hydrogen (secondary N) is 1. The van der Waals surface area contributed by atoms with Crippen LogP contribution >= 0.6 is 0 Å². The van der Waals surface area contributed by atoms with Crippen LogP contribution < -0.4 is 5.32 Å². The summed E-state index contributed by atoms with van der Waals surface area (Å²) in [5.74, 6) is 0.220. The van der Waals surface area contributed by atoms with Crippen molar-refractivity contribution >= 4 is 5.91 Å². The molecule has 0 aliphatic carbocycles. The van der Waals surface area contributed by atoms with Gasteiger partial charge in [-0.25, -0.2) is 0 Å². The highest BCUT2D eigenvalue weighted by atomic mass is 16.2. The normalized spacial score (nSPS) is 19.7. The molecule has 0 spiro atoms. The first kappa shape index (κ1) is 15.0. The van der Waals surface area contributed by atoms with Gasteiger partial charge in [0.25, 0.3) is 0 Å². The van der Waals surface area contributed by atoms with E-state index in [0.29, 0.717) is 12.6 Å². The van der Waals surface area contributed by atoms with Crippen molar-refractivity contribution in [3.8, 4) is 0 Å². The summed E-state index contributed by atoms with van der Waals surface area (Å²) < 4.78 is 0. The fourth-order valence-electron chi connectivity index (χ4n) is 2.77. The van der Waals surface area contributed by atoms with Gasteiger partial charge >= 0.3 is 0 Å². The fraction of sp³-hybridized carbons (Fsp3) is 0.625. The standard InChI is InChI=1S/C16H25N3O/c1-4-13-7-5-9-17-15(13)11-19-10-6-8-14(16(19)20)18-12(2)3/h5,7,9,12,14,18H,4,6,8,10-11H2,1-3H3. The molecular formula is C16H25N3O. The van der Waals surface area contributed by atoms with Gasteiger partial charge in [-0.3, -0.25) is 9.78 Å². The third kappa shape index (κ3) is 3.57. The summed E-state index contributed by atoms with van der Waals surface area (Å²) in [6, 6.07) is 4.37. The van der Waals surface area contributed by atoms with Crippen molar-refractivity contribution in [1.82, 2.24) is 15.2 Å². The van der Waals surface area contributed by atoms with Crippen molar-refractivity contribution in [3.63, 3.8) is 0 Å². The Labute approximate surface area is 121 Å². The topological polar surface area (TPSA) is 45.2 Å². The number of pyridine rings is 1. The lowest BCUT2D eigenvalue weighted by atomic mass is 10.0. The smallest absolute Gasteiger partial charge is 0.240 e. The van der Waals surface area contributed by atoms with Gasteiger partial charge in [0, 0.05) is 18.8 Å². The molecule has 1 aromatic rings. The van der Waals surface area contributed by atoms with Crippen LogP contribution in [0.5, 0.6) is 0 Å². The first-order valence-corrected chi connectivity index (χ1v) is 7.59. The van der Waals surface area contributed by atoms with E-state index < -0.39 is 0 Å². The van der Waals surface area contributed by atoms with Gasteiger partial charge in [-0.2, -0.15) is 0 Å². The van der Waals surface area contributed by atoms with Gasteiger partial charge in [-0.15, -0.1) is 0 Å². The van der Waals surface area contributed by atoms with E-state index in [0.717, 1.165) is 31.5 Å². The molecule has 1 unspecified atom stereocenters. The molecule has 2 rings (SSSR count). The number of carbonyl (C=O) groups excluding carboxylic acids is 1. The predicted octanol–water partition coefficient (Wildman–Crippen LogP) is 2.13. The van der Waals surface area contributed by atoms with E-state index in [9.17, 15) is 4.79 Å². The number of amides is 1. The molecule has 1 N–H and O–H groups in total. The van der Waals surface area contributed by atoms with Crippen molar-refractivity contribution in [1.29, 1.82) is 0 Å². The highest BCUT2D eigenvalue weighted by Crippen LogP contribution is 2.17. The highest BCUT2D eigenvalue weighted by Gasteiger charge is 2.29. The molecule has 1 saturated heterocycles. The molecule has 0 saturated carbocycles. The maximum Gasteiger partial charge on any atom is 0.240 e. The second-order valence-corrected chi connectivity index (χ2v) is 5.74. The Balaban J connectivity index is 2.06. The van der Waals surface area contributed by atoms with Gasteiger partial charge in [-0.05, 0) is 30.9 Å². The van der Waals surface area contributed by atoms with Crippen molar-refractivity contribution in [3.05, 3.63) is 29.6 Å². The van der Waals surface area contributed by atoms with Crippen LogP contribution in [0.3, 0.4) is 0 Å². The summed E-state index contributed by atoms with van der Waals surface area (Å²) in [6.45, 7) is 7.77. The lowest BCUT2D eigenvalue weighted by Gasteiger charge is -2.33. The minimum Gasteiger partial charge on any atom is -0.335 e. The molecule has 4 nitrogen and oxygen atoms in total. The lowest BCUT2D eigenvalue weighted by molar-refractivity contribution is -0.136. The van der Waals surface area contributed by atoms with Gasteiger partial charge in [0.2, 0.25) is 5.91 Å². The van der Waals surface area contributed by atoms with Crippen molar-refractivity contribution in [2.75, 3.05) is 6.54 Å². The summed E-state index contributed by atoms with van der Waals surface area (Å²) >= 11 is 0. The molecule has 1 aliphatic heterocycles. The number of rotatable bonds is 5. The van der Waals surface area contributed by atoms with E-state index >= 15 is 0 Å². The van der Waals surface area contributed by atoms with Crippen molar-refractivity contribution in [2.45, 2.75) is 58.7 Å². The third-order valence-corrected chi connectivity index (χ3v) is 3.77. The van der Waals surface area contributed by atoms with Crippen LogP contribution in [0.1, 0.15) is 44.9 Å². The molecule has 1 amide bonds. The van der Waals surface area contributed by atoms with Gasteiger partial charge in [0.15, 0.2) is 0 Å². The van der Waals surface area contributed by atoms with Gasteiger partial charge < -0.3 is 10.2 Å². The average molecular weight is 275 g/mol. The second kappa shape index (κ2) is 6.84. The predicted molar refractivity (Wildman–Crippen MR) is 80.3 cm³/mol. The van der Waals surface area contributed by atoms with Gasteiger partial charge in [0.05, 0.1) is 18.3 Å². The van der Waals surface area contributed by atoms with E-state index in [1.165, 1.54) is 5.56 Å². The maximum absolute atomic E-state index is 12.5. The van der Waals surface area contributed by atoms with E-state index in [4.69, 9.17) is 0 Å². The molecule has 0 radical (unpaired) electrons. The van der Waals surface area contributed by atoms with Crippen LogP contribution in [-0.2, 0) is 17.8 Å². The van der Waals surface area contributed by atoms with Crippen LogP contribution in [0.4, 0.5) is 0 Å². The minimum absolute atomic E-state index is 0.0301. The molecule has 1 fully saturated rings. The number of likely N-dealkylation sites (tertiary alicyclic amines) is 1. The fourth-order valence-corrected chi connectivity index (χ4v) is 2.77. The number of aryl methyl sites for hydroxylation is 1. The number of nitrogens with zero attached hydrogens (tertiary/aromatic N) is 2. The highest BCUT2D eigenvalue weighted by molar-refractivity contribution is 5.82. The van der Waals surface area contributed by atoms with Gasteiger partial charge in [-0.1, -0.05) is 26.8 Å². The number of carbonyl (C=O) groups is 1. The molecule has 20 heavy (non-hydrogen) atoms. The van der Waals surface area contributed by atoms with Crippen LogP contribution in [0.15, 0.2) is 18.3 Å². The Hall–Kier alpha value is -1.42. The molecule has 110 valence electrons. The molecule has 0 bridgehead atoms. The molecule has 1 atom stereocenters. The van der Waals surface area contributed by atoms with Crippen LogP contribution in [0.2, 0.25) is 0 Å². The van der Waals surface area contributed by atoms with E-state index in [1.54, 1.807) is 0 Å². The molecule has 4 heteroatoms. The summed E-state index contributed by atoms with van der Waals surface area (Å²) in [6.07, 6.45) is 4.77. The first-order chi connectivity index (χ1) is 9.61. The Bertz CT molecular complexity index is 459. The molecule has 2 heterocycles. The maximum atomic E-state index is 12.5. The number of hydrogen-bond acceptors (Lipinski definition) is 3. The lowest BCUT2D eigenvalue weighted by Crippen LogP contribution is -2.52. The number of hydrogen-bond donors (Lipinski definition) is 1.